The van der Waals surface area contributed by atoms with Crippen LogP contribution in [0.25, 0.3) is 0 Å². The highest BCUT2D eigenvalue weighted by Gasteiger charge is 2.55. The van der Waals surface area contributed by atoms with Gasteiger partial charge in [-0.1, -0.05) is 78.6 Å². The molecule has 0 fully saturated rings. The Labute approximate surface area is 162 Å². The van der Waals surface area contributed by atoms with Crippen molar-refractivity contribution in [3.8, 4) is 0 Å². The van der Waals surface area contributed by atoms with Crippen LogP contribution in [0.5, 0.6) is 0 Å². The highest BCUT2D eigenvalue weighted by Crippen LogP contribution is 2.25. The van der Waals surface area contributed by atoms with Crippen LogP contribution in [0.2, 0.25) is 78.6 Å². The van der Waals surface area contributed by atoms with Gasteiger partial charge in [-0.15, -0.1) is 0 Å². The van der Waals surface area contributed by atoms with E-state index in [0.29, 0.717) is 0 Å². The normalized spacial score (nSPS) is 16.1. The molecule has 0 aromatic heterocycles. The molecule has 7 nitrogen and oxygen atoms in total. The van der Waals surface area contributed by atoms with Crippen LogP contribution in [0.1, 0.15) is 0 Å². The molecule has 0 amide bonds. The van der Waals surface area contributed by atoms with Gasteiger partial charge in [0.2, 0.25) is 0 Å². The Morgan fingerprint density at radius 2 is 0.600 bits per heavy atom. The van der Waals surface area contributed by atoms with E-state index in [1.54, 1.807) is 0 Å². The molecule has 0 saturated heterocycles. The van der Waals surface area contributed by atoms with Gasteiger partial charge in [0.05, 0.1) is 0 Å². The maximum absolute atomic E-state index is 6.82. The largest absolute Gasteiger partial charge is 0.346 e. The average molecular weight is 456 g/mol. The van der Waals surface area contributed by atoms with Crippen molar-refractivity contribution >= 4 is 50.4 Å². The van der Waals surface area contributed by atoms with Crippen molar-refractivity contribution in [2.24, 2.45) is 21.6 Å². The van der Waals surface area contributed by atoms with Crippen molar-refractivity contribution in [1.29, 1.82) is 0 Å². The van der Waals surface area contributed by atoms with Crippen molar-refractivity contribution in [1.82, 2.24) is 12.4 Å². The van der Waals surface area contributed by atoms with Gasteiger partial charge in [0.25, 0.3) is 0 Å². The van der Waals surface area contributed by atoms with Crippen LogP contribution < -0.4 is 26.2 Å². The third-order valence-electron chi connectivity index (χ3n) is 3.82. The van der Waals surface area contributed by atoms with Gasteiger partial charge in [0.15, 0.2) is 0 Å². The molecule has 0 saturated carbocycles. The van der Waals surface area contributed by atoms with E-state index < -0.39 is 50.4 Å². The summed E-state index contributed by atoms with van der Waals surface area (Å²) in [5, 5.41) is 27.3. The molecule has 0 aromatic carbocycles. The van der Waals surface area contributed by atoms with Gasteiger partial charge in [-0.2, -0.15) is 0 Å². The quantitative estimate of drug-likeness (QED) is 0.349. The van der Waals surface area contributed by atoms with Gasteiger partial charge >= 0.3 is 17.4 Å². The van der Waals surface area contributed by atoms with Crippen LogP contribution in [0.4, 0.5) is 0 Å². The van der Waals surface area contributed by atoms with Gasteiger partial charge < -0.3 is 29.4 Å². The maximum Gasteiger partial charge on any atom is 0.346 e. The molecule has 0 heterocycles. The van der Waals surface area contributed by atoms with Gasteiger partial charge in [-0.3, -0.25) is 4.65 Å². The lowest BCUT2D eigenvalue weighted by atomic mass is 11.8. The standard InChI is InChI=1S/C12H45N7Si6/c1-20(2,3)18(21(4,5)6)24(13,14)17-25(15,16)19(22(7,8)9)23(10,11)12/h17H,13-16H2,1-12H3. The van der Waals surface area contributed by atoms with Gasteiger partial charge in [-0.05, 0) is 0 Å². The second kappa shape index (κ2) is 7.45. The smallest absolute Gasteiger partial charge is 0.331 e. The summed E-state index contributed by atoms with van der Waals surface area (Å²) in [5.74, 6) is 0. The predicted molar refractivity (Wildman–Crippen MR) is 128 cm³/mol. The third-order valence-corrected chi connectivity index (χ3v) is 34.4. The molecule has 152 valence electrons. The molecule has 0 aromatic rings. The van der Waals surface area contributed by atoms with Crippen LogP contribution in [0.3, 0.4) is 0 Å². The summed E-state index contributed by atoms with van der Waals surface area (Å²) in [6.45, 7) is 27.7. The number of hydrogen-bond donors (Lipinski definition) is 5. The minimum absolute atomic E-state index is 1.72. The van der Waals surface area contributed by atoms with E-state index in [-0.39, 0.29) is 0 Å². The first-order valence-electron chi connectivity index (χ1n) is 9.00. The first kappa shape index (κ1) is 26.0. The average Bonchev–Trinajstić information content (AvgIpc) is 1.98. The summed E-state index contributed by atoms with van der Waals surface area (Å²) in [6, 6.07) is 0. The Bertz CT molecular complexity index is 389. The van der Waals surface area contributed by atoms with Gasteiger partial charge in [0.1, 0.15) is 32.9 Å². The zero-order valence-electron chi connectivity index (χ0n) is 18.7. The molecule has 0 spiro atoms. The zero-order chi connectivity index (χ0) is 20.9. The maximum atomic E-state index is 6.82. The lowest BCUT2D eigenvalue weighted by molar-refractivity contribution is 0.792. The molecule has 0 bridgehead atoms. The Kier molecular flexibility index (Phi) is 7.75. The third kappa shape index (κ3) is 7.16. The Morgan fingerprint density at radius 3 is 0.720 bits per heavy atom. The molecule has 0 radical (unpaired) electrons. The van der Waals surface area contributed by atoms with Crippen LogP contribution in [0, 0.1) is 0 Å². The highest BCUT2D eigenvalue weighted by molar-refractivity contribution is 7.08. The van der Waals surface area contributed by atoms with Crippen LogP contribution in [-0.4, -0.2) is 58.2 Å². The highest BCUT2D eigenvalue weighted by atomic mass is 28.5. The van der Waals surface area contributed by atoms with E-state index in [1.807, 2.05) is 0 Å². The molecule has 0 atom stereocenters. The Hall–Kier alpha value is 1.02. The second-order valence-electron chi connectivity index (χ2n) is 11.1. The van der Waals surface area contributed by atoms with Gasteiger partial charge in [0, 0.05) is 0 Å². The summed E-state index contributed by atoms with van der Waals surface area (Å²) in [5.41, 5.74) is 0. The van der Waals surface area contributed by atoms with E-state index in [9.17, 15) is 0 Å². The molecule has 25 heavy (non-hydrogen) atoms. The molecule has 0 unspecified atom stereocenters. The fourth-order valence-electron chi connectivity index (χ4n) is 4.67. The van der Waals surface area contributed by atoms with Crippen LogP contribution >= 0.6 is 0 Å². The Morgan fingerprint density at radius 1 is 0.440 bits per heavy atom. The number of nitrogens with two attached hydrogens (primary N) is 4. The fraction of sp³-hybridized carbons (Fsp3) is 1.00. The van der Waals surface area contributed by atoms with E-state index in [1.165, 1.54) is 0 Å². The first-order valence-corrected chi connectivity index (χ1v) is 27.0. The minimum Gasteiger partial charge on any atom is -0.331 e. The molecule has 0 aliphatic rings. The molecular weight excluding hydrogens is 411 g/mol. The van der Waals surface area contributed by atoms with Crippen LogP contribution in [-0.2, 0) is 0 Å². The van der Waals surface area contributed by atoms with Crippen molar-refractivity contribution < 1.29 is 0 Å². The number of nitrogens with zero attached hydrogens (tertiary/aromatic N) is 2. The summed E-state index contributed by atoms with van der Waals surface area (Å²) >= 11 is 0. The van der Waals surface area contributed by atoms with E-state index >= 15 is 0 Å². The summed E-state index contributed by atoms with van der Waals surface area (Å²) in [4.78, 5) is 0. The first-order chi connectivity index (χ1) is 10.4. The molecule has 13 heteroatoms. The predicted octanol–water partition coefficient (Wildman–Crippen LogP) is 1.23. The summed E-state index contributed by atoms with van der Waals surface area (Å²) < 4.78 is 8.49. The van der Waals surface area contributed by atoms with E-state index in [0.717, 1.165) is 0 Å². The van der Waals surface area contributed by atoms with Crippen molar-refractivity contribution in [3.05, 3.63) is 0 Å². The van der Waals surface area contributed by atoms with Crippen molar-refractivity contribution in [2.75, 3.05) is 0 Å². The molecule has 0 rings (SSSR count). The monoisotopic (exact) mass is 455 g/mol. The Balaban J connectivity index is 6.06. The topological polar surface area (TPSA) is 123 Å². The van der Waals surface area contributed by atoms with Gasteiger partial charge in [-0.25, -0.2) is 0 Å². The summed E-state index contributed by atoms with van der Waals surface area (Å²) in [6.07, 6.45) is 0. The zero-order valence-corrected chi connectivity index (χ0v) is 24.7. The number of nitrogens with one attached hydrogen (secondary N) is 1. The lowest BCUT2D eigenvalue weighted by Gasteiger charge is -2.56. The molecule has 0 aliphatic carbocycles. The van der Waals surface area contributed by atoms with Crippen molar-refractivity contribution in [3.63, 3.8) is 0 Å². The summed E-state index contributed by atoms with van der Waals surface area (Å²) in [7, 11) is -12.8. The lowest BCUT2D eigenvalue weighted by Crippen LogP contribution is -2.97. The minimum atomic E-state index is -2.94. The van der Waals surface area contributed by atoms with E-state index in [4.69, 9.17) is 21.6 Å². The second-order valence-corrected chi connectivity index (χ2v) is 38.2. The van der Waals surface area contributed by atoms with E-state index in [2.05, 4.69) is 91.0 Å². The number of hydrogen-bond acceptors (Lipinski definition) is 7. The number of rotatable bonds is 8. The van der Waals surface area contributed by atoms with Crippen molar-refractivity contribution in [2.45, 2.75) is 78.6 Å². The molecular formula is C12H45N7Si6. The molecule has 9 N–H and O–H groups in total. The molecule has 0 aliphatic heterocycles. The van der Waals surface area contributed by atoms with Crippen LogP contribution in [0.15, 0.2) is 0 Å². The SMILES string of the molecule is C[Si](C)(C)N([Si](C)(C)C)[Si](N)(N)N[Si](N)(N)N([Si](C)(C)C)[Si](C)(C)C. The fourth-order valence-corrected chi connectivity index (χ4v) is 44.0.